The molecule has 0 aliphatic rings. The van der Waals surface area contributed by atoms with Crippen molar-refractivity contribution in [3.63, 3.8) is 0 Å². The molecule has 0 spiro atoms. The van der Waals surface area contributed by atoms with Crippen LogP contribution in [0.15, 0.2) is 64.8 Å². The number of hydrogen-bond acceptors (Lipinski definition) is 3. The SMILES string of the molecule is C/C(=C\C(=O)c1ccc(Br)cc1)Nc1ccc(C(=O)O)cc1. The highest BCUT2D eigenvalue weighted by Crippen LogP contribution is 2.14. The van der Waals surface area contributed by atoms with E-state index < -0.39 is 5.97 Å². The third-order valence-corrected chi connectivity index (χ3v) is 3.48. The van der Waals surface area contributed by atoms with Gasteiger partial charge in [0.25, 0.3) is 0 Å². The Balaban J connectivity index is 2.07. The second-order valence-electron chi connectivity index (χ2n) is 4.71. The molecule has 0 aliphatic carbocycles. The minimum atomic E-state index is -0.968. The van der Waals surface area contributed by atoms with Crippen LogP contribution in [0.4, 0.5) is 5.69 Å². The normalized spacial score (nSPS) is 11.1. The summed E-state index contributed by atoms with van der Waals surface area (Å²) in [6.45, 7) is 1.78. The number of benzene rings is 2. The van der Waals surface area contributed by atoms with E-state index in [0.717, 1.165) is 10.2 Å². The third kappa shape index (κ3) is 4.30. The molecule has 0 radical (unpaired) electrons. The molecule has 0 bridgehead atoms. The number of allylic oxidation sites excluding steroid dienone is 2. The molecule has 0 amide bonds. The number of carboxylic acids is 1. The van der Waals surface area contributed by atoms with Gasteiger partial charge in [-0.15, -0.1) is 0 Å². The Morgan fingerprint density at radius 3 is 2.09 bits per heavy atom. The van der Waals surface area contributed by atoms with Crippen molar-refractivity contribution < 1.29 is 14.7 Å². The van der Waals surface area contributed by atoms with E-state index in [9.17, 15) is 9.59 Å². The van der Waals surface area contributed by atoms with Crippen molar-refractivity contribution in [3.05, 3.63) is 75.9 Å². The van der Waals surface area contributed by atoms with E-state index in [2.05, 4.69) is 21.2 Å². The Morgan fingerprint density at radius 2 is 1.55 bits per heavy atom. The van der Waals surface area contributed by atoms with Crippen molar-refractivity contribution in [1.82, 2.24) is 0 Å². The maximum atomic E-state index is 12.1. The van der Waals surface area contributed by atoms with Gasteiger partial charge < -0.3 is 10.4 Å². The molecule has 2 aromatic rings. The van der Waals surface area contributed by atoms with Crippen LogP contribution in [0.1, 0.15) is 27.6 Å². The Kier molecular flexibility index (Phi) is 5.12. The van der Waals surface area contributed by atoms with Crippen LogP contribution in [0.2, 0.25) is 0 Å². The van der Waals surface area contributed by atoms with Gasteiger partial charge in [0, 0.05) is 27.5 Å². The van der Waals surface area contributed by atoms with Crippen molar-refractivity contribution in [2.75, 3.05) is 5.32 Å². The lowest BCUT2D eigenvalue weighted by molar-refractivity contribution is 0.0696. The Labute approximate surface area is 136 Å². The highest BCUT2D eigenvalue weighted by atomic mass is 79.9. The largest absolute Gasteiger partial charge is 0.478 e. The molecule has 112 valence electrons. The number of carbonyl (C=O) groups excluding carboxylic acids is 1. The maximum absolute atomic E-state index is 12.1. The molecule has 0 aromatic heterocycles. The molecule has 2 aromatic carbocycles. The van der Waals surface area contributed by atoms with Gasteiger partial charge in [-0.25, -0.2) is 4.79 Å². The van der Waals surface area contributed by atoms with E-state index in [1.165, 1.54) is 18.2 Å². The average molecular weight is 360 g/mol. The monoisotopic (exact) mass is 359 g/mol. The zero-order valence-corrected chi connectivity index (χ0v) is 13.4. The number of carbonyl (C=O) groups is 2. The zero-order valence-electron chi connectivity index (χ0n) is 11.8. The molecular weight excluding hydrogens is 346 g/mol. The molecule has 2 rings (SSSR count). The van der Waals surface area contributed by atoms with Gasteiger partial charge in [-0.2, -0.15) is 0 Å². The van der Waals surface area contributed by atoms with E-state index in [4.69, 9.17) is 5.11 Å². The minimum Gasteiger partial charge on any atom is -0.478 e. The van der Waals surface area contributed by atoms with Crippen LogP contribution in [-0.4, -0.2) is 16.9 Å². The number of halogens is 1. The molecule has 5 heteroatoms. The Morgan fingerprint density at radius 1 is 1.00 bits per heavy atom. The number of ketones is 1. The summed E-state index contributed by atoms with van der Waals surface area (Å²) in [6.07, 6.45) is 1.51. The van der Waals surface area contributed by atoms with Gasteiger partial charge in [0.05, 0.1) is 5.56 Å². The van der Waals surface area contributed by atoms with Crippen molar-refractivity contribution in [3.8, 4) is 0 Å². The highest BCUT2D eigenvalue weighted by Gasteiger charge is 2.04. The van der Waals surface area contributed by atoms with E-state index in [0.29, 0.717) is 11.3 Å². The fourth-order valence-electron chi connectivity index (χ4n) is 1.85. The van der Waals surface area contributed by atoms with Crippen molar-refractivity contribution >= 4 is 33.4 Å². The number of carboxylic acid groups (broad SMARTS) is 1. The first-order valence-electron chi connectivity index (χ1n) is 6.54. The molecule has 0 aliphatic heterocycles. The molecule has 4 nitrogen and oxygen atoms in total. The predicted octanol–water partition coefficient (Wildman–Crippen LogP) is 4.35. The fraction of sp³-hybridized carbons (Fsp3) is 0.0588. The Bertz CT molecular complexity index is 719. The quantitative estimate of drug-likeness (QED) is 0.615. The average Bonchev–Trinajstić information content (AvgIpc) is 2.48. The Hall–Kier alpha value is -2.40. The number of anilines is 1. The predicted molar refractivity (Wildman–Crippen MR) is 89.3 cm³/mol. The van der Waals surface area contributed by atoms with Gasteiger partial charge in [-0.3, -0.25) is 4.79 Å². The maximum Gasteiger partial charge on any atom is 0.335 e. The van der Waals surface area contributed by atoms with Crippen LogP contribution < -0.4 is 5.32 Å². The lowest BCUT2D eigenvalue weighted by Crippen LogP contribution is -2.02. The van der Waals surface area contributed by atoms with E-state index in [1.54, 1.807) is 31.2 Å². The number of hydrogen-bond donors (Lipinski definition) is 2. The van der Waals surface area contributed by atoms with Gasteiger partial charge in [0.2, 0.25) is 0 Å². The second kappa shape index (κ2) is 7.04. The van der Waals surface area contributed by atoms with Crippen LogP contribution in [0, 0.1) is 0 Å². The summed E-state index contributed by atoms with van der Waals surface area (Å²) >= 11 is 3.32. The van der Waals surface area contributed by atoms with Crippen molar-refractivity contribution in [1.29, 1.82) is 0 Å². The first kappa shape index (κ1) is 16.0. The molecule has 0 fully saturated rings. The van der Waals surface area contributed by atoms with Gasteiger partial charge >= 0.3 is 5.97 Å². The first-order chi connectivity index (χ1) is 10.5. The summed E-state index contributed by atoms with van der Waals surface area (Å²) in [5.74, 6) is -1.07. The fourth-order valence-corrected chi connectivity index (χ4v) is 2.12. The molecular formula is C17H14BrNO3. The first-order valence-corrected chi connectivity index (χ1v) is 7.33. The van der Waals surface area contributed by atoms with Gasteiger partial charge in [-0.05, 0) is 55.5 Å². The molecule has 0 heterocycles. The molecule has 22 heavy (non-hydrogen) atoms. The standard InChI is InChI=1S/C17H14BrNO3/c1-11(10-16(20)12-2-6-14(18)7-3-12)19-15-8-4-13(5-9-15)17(21)22/h2-10,19H,1H3,(H,21,22)/b11-10+. The smallest absolute Gasteiger partial charge is 0.335 e. The second-order valence-corrected chi connectivity index (χ2v) is 5.62. The lowest BCUT2D eigenvalue weighted by atomic mass is 10.1. The van der Waals surface area contributed by atoms with Gasteiger partial charge in [-0.1, -0.05) is 15.9 Å². The van der Waals surface area contributed by atoms with E-state index in [-0.39, 0.29) is 11.3 Å². The van der Waals surface area contributed by atoms with Gasteiger partial charge in [0.1, 0.15) is 0 Å². The van der Waals surface area contributed by atoms with Crippen LogP contribution in [0.3, 0.4) is 0 Å². The van der Waals surface area contributed by atoms with Crippen LogP contribution in [0.25, 0.3) is 0 Å². The van der Waals surface area contributed by atoms with Gasteiger partial charge in [0.15, 0.2) is 5.78 Å². The summed E-state index contributed by atoms with van der Waals surface area (Å²) in [4.78, 5) is 22.9. The third-order valence-electron chi connectivity index (χ3n) is 2.95. The molecule has 2 N–H and O–H groups in total. The van der Waals surface area contributed by atoms with E-state index >= 15 is 0 Å². The summed E-state index contributed by atoms with van der Waals surface area (Å²) in [7, 11) is 0. The van der Waals surface area contributed by atoms with Crippen LogP contribution >= 0.6 is 15.9 Å². The van der Waals surface area contributed by atoms with Crippen molar-refractivity contribution in [2.24, 2.45) is 0 Å². The zero-order chi connectivity index (χ0) is 16.1. The summed E-state index contributed by atoms with van der Waals surface area (Å²) in [5, 5.41) is 11.9. The minimum absolute atomic E-state index is 0.0975. The molecule has 0 unspecified atom stereocenters. The van der Waals surface area contributed by atoms with Crippen molar-refractivity contribution in [2.45, 2.75) is 6.92 Å². The lowest BCUT2D eigenvalue weighted by Gasteiger charge is -2.07. The molecule has 0 saturated heterocycles. The topological polar surface area (TPSA) is 66.4 Å². The summed E-state index contributed by atoms with van der Waals surface area (Å²) in [6, 6.07) is 13.5. The highest BCUT2D eigenvalue weighted by molar-refractivity contribution is 9.10. The van der Waals surface area contributed by atoms with Crippen LogP contribution in [0.5, 0.6) is 0 Å². The molecule has 0 saturated carbocycles. The molecule has 0 atom stereocenters. The summed E-state index contributed by atoms with van der Waals surface area (Å²) in [5.41, 5.74) is 2.22. The number of aromatic carboxylic acids is 1. The van der Waals surface area contributed by atoms with E-state index in [1.807, 2.05) is 12.1 Å². The number of rotatable bonds is 5. The number of nitrogens with one attached hydrogen (secondary N) is 1. The summed E-state index contributed by atoms with van der Waals surface area (Å²) < 4.78 is 0.918. The van der Waals surface area contributed by atoms with Crippen LogP contribution in [-0.2, 0) is 0 Å².